The normalized spacial score (nSPS) is 16.6. The molecule has 1 aliphatic rings. The lowest BCUT2D eigenvalue weighted by molar-refractivity contribution is -0.142. The molecule has 6 rings (SSSR count). The van der Waals surface area contributed by atoms with E-state index in [1.165, 1.54) is 46.7 Å². The average molecular weight is 608 g/mol. The first-order valence-corrected chi connectivity index (χ1v) is 15.3. The minimum Gasteiger partial charge on any atom is -0.469 e. The Labute approximate surface area is 245 Å². The van der Waals surface area contributed by atoms with Crippen LogP contribution in [0.2, 0.25) is 10.0 Å². The Morgan fingerprint density at radius 1 is 1.05 bits per heavy atom. The van der Waals surface area contributed by atoms with Gasteiger partial charge in [-0.2, -0.15) is 5.26 Å². The monoisotopic (exact) mass is 606 g/mol. The van der Waals surface area contributed by atoms with Crippen LogP contribution in [0.1, 0.15) is 22.8 Å². The van der Waals surface area contributed by atoms with Gasteiger partial charge in [-0.05, 0) is 77.9 Å². The van der Waals surface area contributed by atoms with Crippen LogP contribution in [0.5, 0.6) is 0 Å². The molecule has 10 heteroatoms. The van der Waals surface area contributed by atoms with Gasteiger partial charge >= 0.3 is 5.97 Å². The molecule has 0 radical (unpaired) electrons. The van der Waals surface area contributed by atoms with E-state index in [4.69, 9.17) is 27.9 Å². The molecule has 1 fully saturated rings. The number of esters is 1. The van der Waals surface area contributed by atoms with Crippen molar-refractivity contribution in [1.29, 1.82) is 5.26 Å². The molecule has 0 N–H and O–H groups in total. The highest BCUT2D eigenvalue weighted by Crippen LogP contribution is 2.51. The van der Waals surface area contributed by atoms with Crippen LogP contribution in [-0.4, -0.2) is 25.5 Å². The molecule has 0 saturated heterocycles. The van der Waals surface area contributed by atoms with Crippen LogP contribution in [0.15, 0.2) is 83.1 Å². The molecular weight excluding hydrogens is 587 g/mol. The second-order valence-corrected chi connectivity index (χ2v) is 13.1. The Kier molecular flexibility index (Phi) is 6.71. The maximum absolute atomic E-state index is 14.4. The number of nitriles is 1. The van der Waals surface area contributed by atoms with E-state index in [1.807, 2.05) is 29.6 Å². The van der Waals surface area contributed by atoms with Gasteiger partial charge in [-0.3, -0.25) is 4.79 Å². The van der Waals surface area contributed by atoms with E-state index in [0.717, 1.165) is 5.56 Å². The van der Waals surface area contributed by atoms with Crippen molar-refractivity contribution in [3.63, 3.8) is 0 Å². The smallest absolute Gasteiger partial charge is 0.309 e. The third kappa shape index (κ3) is 4.40. The van der Waals surface area contributed by atoms with Crippen molar-refractivity contribution < 1.29 is 17.9 Å². The standard InChI is InChI=1S/C30H20Cl2N2O4S2/c1-38-30(35)25-15-24(25)17-12-18(14-20(32)13-17)29-28(23-10-11-39-27(23)16-33)22-4-2-3-5-26(22)34(29)40(36,37)21-8-6-19(31)7-9-21/h2-14,24-25H,15H2,1H3. The summed E-state index contributed by atoms with van der Waals surface area (Å²) in [5, 5.41) is 13.2. The van der Waals surface area contributed by atoms with Gasteiger partial charge in [0, 0.05) is 32.1 Å². The Morgan fingerprint density at radius 3 is 2.52 bits per heavy atom. The van der Waals surface area contributed by atoms with Gasteiger partial charge in [-0.1, -0.05) is 41.4 Å². The molecule has 0 aliphatic heterocycles. The van der Waals surface area contributed by atoms with Gasteiger partial charge in [0.1, 0.15) is 10.9 Å². The number of fused-ring (bicyclic) bond motifs is 1. The van der Waals surface area contributed by atoms with Crippen molar-refractivity contribution in [2.45, 2.75) is 17.2 Å². The van der Waals surface area contributed by atoms with Crippen molar-refractivity contribution in [2.75, 3.05) is 7.11 Å². The number of ether oxygens (including phenoxy) is 1. The second-order valence-electron chi connectivity index (χ2n) is 9.48. The van der Waals surface area contributed by atoms with Gasteiger partial charge in [0.2, 0.25) is 0 Å². The highest BCUT2D eigenvalue weighted by atomic mass is 35.5. The molecule has 2 unspecified atom stereocenters. The molecule has 6 nitrogen and oxygen atoms in total. The summed E-state index contributed by atoms with van der Waals surface area (Å²) >= 11 is 14.0. The number of hydrogen-bond donors (Lipinski definition) is 0. The number of thiophene rings is 1. The number of nitrogens with zero attached hydrogens (tertiary/aromatic N) is 2. The molecule has 200 valence electrons. The minimum absolute atomic E-state index is 0.0616. The Morgan fingerprint density at radius 2 is 1.80 bits per heavy atom. The quantitative estimate of drug-likeness (QED) is 0.184. The maximum atomic E-state index is 14.4. The van der Waals surface area contributed by atoms with E-state index in [1.54, 1.807) is 24.3 Å². The largest absolute Gasteiger partial charge is 0.469 e. The van der Waals surface area contributed by atoms with Gasteiger partial charge in [0.05, 0.1) is 29.1 Å². The summed E-state index contributed by atoms with van der Waals surface area (Å²) in [7, 11) is -2.79. The average Bonchev–Trinajstić information content (AvgIpc) is 3.48. The lowest BCUT2D eigenvalue weighted by atomic mass is 9.97. The van der Waals surface area contributed by atoms with Gasteiger partial charge in [0.15, 0.2) is 0 Å². The fourth-order valence-corrected chi connectivity index (χ4v) is 7.84. The van der Waals surface area contributed by atoms with Gasteiger partial charge in [-0.15, -0.1) is 11.3 Å². The maximum Gasteiger partial charge on any atom is 0.309 e. The number of carbonyl (C=O) groups is 1. The lowest BCUT2D eigenvalue weighted by Gasteiger charge is -2.15. The molecule has 2 heterocycles. The summed E-state index contributed by atoms with van der Waals surface area (Å²) in [6.45, 7) is 0. The predicted octanol–water partition coefficient (Wildman–Crippen LogP) is 7.73. The number of aromatic nitrogens is 1. The van der Waals surface area contributed by atoms with Gasteiger partial charge in [0.25, 0.3) is 10.0 Å². The third-order valence-corrected chi connectivity index (χ3v) is 10.2. The lowest BCUT2D eigenvalue weighted by Crippen LogP contribution is -2.14. The Bertz CT molecular complexity index is 1950. The molecule has 2 atom stereocenters. The summed E-state index contributed by atoms with van der Waals surface area (Å²) in [6.07, 6.45) is 0.620. The van der Waals surface area contributed by atoms with Crippen molar-refractivity contribution in [2.24, 2.45) is 5.92 Å². The molecular formula is C30H20Cl2N2O4S2. The number of para-hydroxylation sites is 1. The molecule has 1 saturated carbocycles. The number of benzene rings is 3. The van der Waals surface area contributed by atoms with E-state index in [9.17, 15) is 18.5 Å². The van der Waals surface area contributed by atoms with Crippen molar-refractivity contribution in [1.82, 2.24) is 3.97 Å². The fourth-order valence-electron chi connectivity index (χ4n) is 5.24. The summed E-state index contributed by atoms with van der Waals surface area (Å²) in [5.74, 6) is -0.653. The number of rotatable bonds is 6. The molecule has 3 aromatic carbocycles. The van der Waals surface area contributed by atoms with Gasteiger partial charge < -0.3 is 4.74 Å². The van der Waals surface area contributed by atoms with E-state index in [2.05, 4.69) is 6.07 Å². The molecule has 40 heavy (non-hydrogen) atoms. The highest BCUT2D eigenvalue weighted by molar-refractivity contribution is 7.90. The number of halogens is 2. The highest BCUT2D eigenvalue weighted by Gasteiger charge is 2.45. The molecule has 5 aromatic rings. The summed E-state index contributed by atoms with van der Waals surface area (Å²) in [5.41, 5.74) is 3.44. The second kappa shape index (κ2) is 10.1. The molecule has 2 aromatic heterocycles. The molecule has 0 bridgehead atoms. The van der Waals surface area contributed by atoms with Crippen LogP contribution >= 0.6 is 34.5 Å². The SMILES string of the molecule is COC(=O)C1CC1c1cc(Cl)cc(-c2c(-c3ccsc3C#N)c3ccccc3n2S(=O)(=O)c2ccc(Cl)cc2)c1. The van der Waals surface area contributed by atoms with Crippen LogP contribution in [0, 0.1) is 17.2 Å². The van der Waals surface area contributed by atoms with Crippen LogP contribution < -0.4 is 0 Å². The number of methoxy groups -OCH3 is 1. The zero-order valence-electron chi connectivity index (χ0n) is 21.0. The Balaban J connectivity index is 1.69. The van der Waals surface area contributed by atoms with Crippen molar-refractivity contribution in [3.8, 4) is 28.5 Å². The van der Waals surface area contributed by atoms with Gasteiger partial charge in [-0.25, -0.2) is 12.4 Å². The first-order chi connectivity index (χ1) is 19.2. The fraction of sp³-hybridized carbons (Fsp3) is 0.133. The summed E-state index contributed by atoms with van der Waals surface area (Å²) in [4.78, 5) is 12.7. The first kappa shape index (κ1) is 26.6. The predicted molar refractivity (Wildman–Crippen MR) is 157 cm³/mol. The van der Waals surface area contributed by atoms with E-state index in [0.29, 0.717) is 54.6 Å². The summed E-state index contributed by atoms with van der Waals surface area (Å²) < 4.78 is 35.0. The van der Waals surface area contributed by atoms with E-state index in [-0.39, 0.29) is 22.7 Å². The van der Waals surface area contributed by atoms with Crippen LogP contribution in [0.4, 0.5) is 0 Å². The number of hydrogen-bond acceptors (Lipinski definition) is 6. The zero-order valence-corrected chi connectivity index (χ0v) is 24.1. The van der Waals surface area contributed by atoms with Crippen LogP contribution in [0.3, 0.4) is 0 Å². The topological polar surface area (TPSA) is 89.2 Å². The molecule has 0 spiro atoms. The van der Waals surface area contributed by atoms with Crippen LogP contribution in [-0.2, 0) is 19.6 Å². The van der Waals surface area contributed by atoms with Crippen LogP contribution in [0.25, 0.3) is 33.3 Å². The summed E-state index contributed by atoms with van der Waals surface area (Å²) in [6, 6.07) is 22.7. The zero-order chi connectivity index (χ0) is 28.2. The van der Waals surface area contributed by atoms with Crippen molar-refractivity contribution in [3.05, 3.63) is 98.7 Å². The van der Waals surface area contributed by atoms with E-state index < -0.39 is 10.0 Å². The molecule has 1 aliphatic carbocycles. The first-order valence-electron chi connectivity index (χ1n) is 12.3. The Hall–Kier alpha value is -3.61. The number of carbonyl (C=O) groups excluding carboxylic acids is 1. The minimum atomic E-state index is -4.15. The molecule has 0 amide bonds. The third-order valence-electron chi connectivity index (χ3n) is 7.14. The van der Waals surface area contributed by atoms with E-state index >= 15 is 0 Å². The van der Waals surface area contributed by atoms with Crippen molar-refractivity contribution >= 4 is 61.4 Å².